The van der Waals surface area contributed by atoms with Crippen molar-refractivity contribution in [2.45, 2.75) is 12.8 Å². The number of rotatable bonds is 8. The van der Waals surface area contributed by atoms with Crippen LogP contribution in [-0.4, -0.2) is 62.0 Å². The molecule has 3 rings (SSSR count). The van der Waals surface area contributed by atoms with Crippen LogP contribution < -0.4 is 9.47 Å². The largest absolute Gasteiger partial charge is 0.573 e. The molecular weight excluding hydrogens is 388 g/mol. The lowest BCUT2D eigenvalue weighted by Gasteiger charge is -2.34. The van der Waals surface area contributed by atoms with Crippen molar-refractivity contribution in [3.8, 4) is 11.5 Å². The summed E-state index contributed by atoms with van der Waals surface area (Å²) in [5, 5.41) is 0. The summed E-state index contributed by atoms with van der Waals surface area (Å²) in [4.78, 5) is 4.67. The zero-order valence-electron chi connectivity index (χ0n) is 16.0. The highest BCUT2D eigenvalue weighted by Crippen LogP contribution is 2.23. The quantitative estimate of drug-likeness (QED) is 0.613. The molecule has 4 nitrogen and oxygen atoms in total. The van der Waals surface area contributed by atoms with E-state index < -0.39 is 6.36 Å². The average molecular weight is 412 g/mol. The Balaban J connectivity index is 1.32. The highest BCUT2D eigenvalue weighted by atomic mass is 19.4. The monoisotopic (exact) mass is 412 g/mol. The summed E-state index contributed by atoms with van der Waals surface area (Å²) in [6, 6.07) is 12.0. The van der Waals surface area contributed by atoms with Gasteiger partial charge in [-0.2, -0.15) is 0 Å². The van der Waals surface area contributed by atoms with Gasteiger partial charge in [0.15, 0.2) is 0 Å². The molecule has 158 valence electrons. The van der Waals surface area contributed by atoms with Crippen LogP contribution in [0.4, 0.5) is 17.6 Å². The van der Waals surface area contributed by atoms with Crippen LogP contribution in [0.2, 0.25) is 0 Å². The summed E-state index contributed by atoms with van der Waals surface area (Å²) >= 11 is 0. The topological polar surface area (TPSA) is 24.9 Å². The van der Waals surface area contributed by atoms with Crippen molar-refractivity contribution in [3.05, 3.63) is 59.9 Å². The predicted octanol–water partition coefficient (Wildman–Crippen LogP) is 3.96. The Hall–Kier alpha value is -2.32. The number of alkyl halides is 3. The molecule has 0 amide bonds. The van der Waals surface area contributed by atoms with E-state index in [9.17, 15) is 17.6 Å². The molecule has 1 saturated heterocycles. The molecule has 0 unspecified atom stereocenters. The van der Waals surface area contributed by atoms with Gasteiger partial charge in [-0.15, -0.1) is 13.2 Å². The van der Waals surface area contributed by atoms with Gasteiger partial charge in [0.25, 0.3) is 0 Å². The van der Waals surface area contributed by atoms with E-state index in [-0.39, 0.29) is 11.6 Å². The lowest BCUT2D eigenvalue weighted by Crippen LogP contribution is -2.47. The van der Waals surface area contributed by atoms with Gasteiger partial charge < -0.3 is 14.4 Å². The Kier molecular flexibility index (Phi) is 7.33. The van der Waals surface area contributed by atoms with Gasteiger partial charge in [-0.05, 0) is 48.4 Å². The molecule has 1 heterocycles. The maximum Gasteiger partial charge on any atom is 0.573 e. The zero-order chi connectivity index (χ0) is 20.7. The third-order valence-electron chi connectivity index (χ3n) is 4.83. The van der Waals surface area contributed by atoms with Gasteiger partial charge in [-0.3, -0.25) is 4.90 Å². The van der Waals surface area contributed by atoms with E-state index in [1.54, 1.807) is 24.3 Å². The number of hydrogen-bond acceptors (Lipinski definition) is 4. The van der Waals surface area contributed by atoms with Crippen LogP contribution in [0.25, 0.3) is 0 Å². The molecule has 0 saturated carbocycles. The molecule has 0 aromatic heterocycles. The number of ether oxygens (including phenoxy) is 2. The number of piperazine rings is 1. The van der Waals surface area contributed by atoms with Crippen LogP contribution in [0, 0.1) is 5.82 Å². The van der Waals surface area contributed by atoms with E-state index in [2.05, 4.69) is 14.5 Å². The molecular formula is C21H24F4N2O2. The van der Waals surface area contributed by atoms with Crippen molar-refractivity contribution in [3.63, 3.8) is 0 Å². The zero-order valence-corrected chi connectivity index (χ0v) is 16.0. The second-order valence-corrected chi connectivity index (χ2v) is 6.93. The van der Waals surface area contributed by atoms with Gasteiger partial charge in [0, 0.05) is 39.3 Å². The highest BCUT2D eigenvalue weighted by Gasteiger charge is 2.30. The number of benzene rings is 2. The van der Waals surface area contributed by atoms with Gasteiger partial charge >= 0.3 is 6.36 Å². The van der Waals surface area contributed by atoms with Crippen molar-refractivity contribution in [1.29, 1.82) is 0 Å². The minimum absolute atomic E-state index is 0.197. The Morgan fingerprint density at radius 3 is 1.90 bits per heavy atom. The van der Waals surface area contributed by atoms with E-state index in [1.165, 1.54) is 24.3 Å². The molecule has 0 radical (unpaired) electrons. The fraction of sp³-hybridized carbons (Fsp3) is 0.429. The average Bonchev–Trinajstić information content (AvgIpc) is 2.69. The van der Waals surface area contributed by atoms with Gasteiger partial charge in [-0.25, -0.2) is 4.39 Å². The first-order valence-corrected chi connectivity index (χ1v) is 9.55. The minimum Gasteiger partial charge on any atom is -0.492 e. The van der Waals surface area contributed by atoms with Crippen LogP contribution >= 0.6 is 0 Å². The number of halogens is 4. The highest BCUT2D eigenvalue weighted by molar-refractivity contribution is 5.27. The van der Waals surface area contributed by atoms with E-state index in [4.69, 9.17) is 4.74 Å². The molecule has 2 aromatic rings. The van der Waals surface area contributed by atoms with E-state index in [0.717, 1.165) is 51.3 Å². The molecule has 0 aliphatic carbocycles. The van der Waals surface area contributed by atoms with Crippen LogP contribution in [0.5, 0.6) is 11.5 Å². The molecule has 1 aliphatic rings. The Bertz CT molecular complexity index is 743. The lowest BCUT2D eigenvalue weighted by molar-refractivity contribution is -0.274. The van der Waals surface area contributed by atoms with E-state index in [0.29, 0.717) is 12.4 Å². The Morgan fingerprint density at radius 2 is 1.31 bits per heavy atom. The maximum atomic E-state index is 12.9. The maximum absolute atomic E-state index is 12.9. The third kappa shape index (κ3) is 7.55. The van der Waals surface area contributed by atoms with Crippen molar-refractivity contribution in [1.82, 2.24) is 9.80 Å². The second-order valence-electron chi connectivity index (χ2n) is 6.93. The summed E-state index contributed by atoms with van der Waals surface area (Å²) in [6.45, 7) is 5.97. The fourth-order valence-electron chi connectivity index (χ4n) is 3.20. The summed E-state index contributed by atoms with van der Waals surface area (Å²) in [7, 11) is 0. The van der Waals surface area contributed by atoms with Crippen LogP contribution in [0.1, 0.15) is 5.56 Å². The van der Waals surface area contributed by atoms with Gasteiger partial charge in [0.05, 0.1) is 0 Å². The van der Waals surface area contributed by atoms with Gasteiger partial charge in [0.1, 0.15) is 23.9 Å². The second kappa shape index (κ2) is 9.93. The lowest BCUT2D eigenvalue weighted by atomic mass is 10.1. The number of hydrogen-bond donors (Lipinski definition) is 0. The summed E-state index contributed by atoms with van der Waals surface area (Å²) in [5.74, 6) is 0.188. The molecule has 1 fully saturated rings. The fourth-order valence-corrected chi connectivity index (χ4v) is 3.20. The van der Waals surface area contributed by atoms with Crippen LogP contribution in [-0.2, 0) is 6.42 Å². The molecule has 0 spiro atoms. The first-order chi connectivity index (χ1) is 13.9. The summed E-state index contributed by atoms with van der Waals surface area (Å²) < 4.78 is 59.0. The minimum atomic E-state index is -4.66. The first kappa shape index (κ1) is 21.4. The Morgan fingerprint density at radius 1 is 0.759 bits per heavy atom. The number of nitrogens with zero attached hydrogens (tertiary/aromatic N) is 2. The van der Waals surface area contributed by atoms with Gasteiger partial charge in [-0.1, -0.05) is 12.1 Å². The van der Waals surface area contributed by atoms with Crippen molar-refractivity contribution < 1.29 is 27.0 Å². The molecule has 29 heavy (non-hydrogen) atoms. The predicted molar refractivity (Wildman–Crippen MR) is 102 cm³/mol. The molecule has 0 bridgehead atoms. The van der Waals surface area contributed by atoms with Crippen molar-refractivity contribution in [2.24, 2.45) is 0 Å². The Labute approximate surface area is 167 Å². The normalized spacial score (nSPS) is 16.0. The molecule has 8 heteroatoms. The summed E-state index contributed by atoms with van der Waals surface area (Å²) in [6.07, 6.45) is -3.88. The molecule has 0 N–H and O–H groups in total. The van der Waals surface area contributed by atoms with Gasteiger partial charge in [0.2, 0.25) is 0 Å². The smallest absolute Gasteiger partial charge is 0.492 e. The molecule has 0 atom stereocenters. The van der Waals surface area contributed by atoms with E-state index >= 15 is 0 Å². The summed E-state index contributed by atoms with van der Waals surface area (Å²) in [5.41, 5.74) is 0.981. The SMILES string of the molecule is Fc1ccc(OCCN2CCN(CCc3ccc(OC(F)(F)F)cc3)CC2)cc1. The molecule has 1 aliphatic heterocycles. The van der Waals surface area contributed by atoms with Crippen molar-refractivity contribution >= 4 is 0 Å². The standard InChI is InChI=1S/C21H24F4N2O2/c22-18-3-7-19(8-4-18)28-16-15-27-13-11-26(12-14-27)10-9-17-1-5-20(6-2-17)29-21(23,24)25/h1-8H,9-16H2. The van der Waals surface area contributed by atoms with Crippen molar-refractivity contribution in [2.75, 3.05) is 45.9 Å². The first-order valence-electron chi connectivity index (χ1n) is 9.55. The third-order valence-corrected chi connectivity index (χ3v) is 4.83. The van der Waals surface area contributed by atoms with Crippen LogP contribution in [0.3, 0.4) is 0 Å². The molecule has 2 aromatic carbocycles. The van der Waals surface area contributed by atoms with Crippen LogP contribution in [0.15, 0.2) is 48.5 Å². The van der Waals surface area contributed by atoms with E-state index in [1.807, 2.05) is 0 Å².